The Morgan fingerprint density at radius 2 is 2.17 bits per heavy atom. The molecule has 0 spiro atoms. The van der Waals surface area contributed by atoms with E-state index >= 15 is 0 Å². The van der Waals surface area contributed by atoms with Crippen molar-refractivity contribution in [3.63, 3.8) is 0 Å². The Morgan fingerprint density at radius 3 is 2.75 bits per heavy atom. The summed E-state index contributed by atoms with van der Waals surface area (Å²) in [5, 5.41) is 17.4. The standard InChI is InChI=1S/C9H8BrNO/c10-9-2-1-8(6-12)7(5-9)3-4-11/h1-2,5,12H,3,6H2. The van der Waals surface area contributed by atoms with Crippen molar-refractivity contribution in [2.24, 2.45) is 0 Å². The molecule has 0 saturated heterocycles. The average Bonchev–Trinajstić information content (AvgIpc) is 2.05. The molecule has 1 aromatic rings. The SMILES string of the molecule is N#CCc1cc(Br)ccc1CO. The number of nitriles is 1. The van der Waals surface area contributed by atoms with Crippen LogP contribution in [0.15, 0.2) is 22.7 Å². The van der Waals surface area contributed by atoms with Crippen LogP contribution < -0.4 is 0 Å². The van der Waals surface area contributed by atoms with Gasteiger partial charge in [-0.05, 0) is 23.3 Å². The van der Waals surface area contributed by atoms with Gasteiger partial charge >= 0.3 is 0 Å². The van der Waals surface area contributed by atoms with E-state index in [2.05, 4.69) is 22.0 Å². The molecule has 2 nitrogen and oxygen atoms in total. The van der Waals surface area contributed by atoms with Crippen LogP contribution in [0.1, 0.15) is 11.1 Å². The van der Waals surface area contributed by atoms with Crippen molar-refractivity contribution in [2.75, 3.05) is 0 Å². The zero-order valence-corrected chi connectivity index (χ0v) is 8.00. The molecule has 0 heterocycles. The summed E-state index contributed by atoms with van der Waals surface area (Å²) in [5.74, 6) is 0. The lowest BCUT2D eigenvalue weighted by molar-refractivity contribution is 0.281. The molecule has 62 valence electrons. The minimum atomic E-state index is -0.00963. The zero-order chi connectivity index (χ0) is 8.97. The summed E-state index contributed by atoms with van der Waals surface area (Å²) in [7, 11) is 0. The molecule has 0 bridgehead atoms. The van der Waals surface area contributed by atoms with Gasteiger partial charge in [-0.15, -0.1) is 0 Å². The Labute approximate surface area is 79.6 Å². The van der Waals surface area contributed by atoms with Crippen LogP contribution >= 0.6 is 15.9 Å². The third kappa shape index (κ3) is 2.07. The van der Waals surface area contributed by atoms with Crippen molar-refractivity contribution in [1.82, 2.24) is 0 Å². The highest BCUT2D eigenvalue weighted by Crippen LogP contribution is 2.16. The average molecular weight is 226 g/mol. The summed E-state index contributed by atoms with van der Waals surface area (Å²) < 4.78 is 0.935. The van der Waals surface area contributed by atoms with Crippen LogP contribution in [0.4, 0.5) is 0 Å². The Bertz CT molecular complexity index is 317. The molecule has 0 fully saturated rings. The van der Waals surface area contributed by atoms with Crippen LogP contribution in [0.3, 0.4) is 0 Å². The van der Waals surface area contributed by atoms with E-state index < -0.39 is 0 Å². The lowest BCUT2D eigenvalue weighted by Crippen LogP contribution is -1.92. The fraction of sp³-hybridized carbons (Fsp3) is 0.222. The second kappa shape index (κ2) is 4.24. The number of aliphatic hydroxyl groups is 1. The highest BCUT2D eigenvalue weighted by molar-refractivity contribution is 9.10. The topological polar surface area (TPSA) is 44.0 Å². The van der Waals surface area contributed by atoms with Crippen molar-refractivity contribution >= 4 is 15.9 Å². The molecule has 0 unspecified atom stereocenters. The molecule has 0 saturated carbocycles. The van der Waals surface area contributed by atoms with Gasteiger partial charge in [0, 0.05) is 4.47 Å². The quantitative estimate of drug-likeness (QED) is 0.838. The number of nitrogens with zero attached hydrogens (tertiary/aromatic N) is 1. The molecule has 1 aromatic carbocycles. The minimum Gasteiger partial charge on any atom is -0.392 e. The van der Waals surface area contributed by atoms with Gasteiger partial charge in [0.1, 0.15) is 0 Å². The van der Waals surface area contributed by atoms with E-state index in [-0.39, 0.29) is 6.61 Å². The van der Waals surface area contributed by atoms with Gasteiger partial charge in [0.2, 0.25) is 0 Å². The van der Waals surface area contributed by atoms with Gasteiger partial charge < -0.3 is 5.11 Å². The van der Waals surface area contributed by atoms with E-state index in [1.54, 1.807) is 0 Å². The molecule has 0 aliphatic rings. The first-order valence-corrected chi connectivity index (χ1v) is 4.32. The lowest BCUT2D eigenvalue weighted by Gasteiger charge is -2.03. The highest BCUT2D eigenvalue weighted by Gasteiger charge is 2.00. The van der Waals surface area contributed by atoms with Gasteiger partial charge in [-0.25, -0.2) is 0 Å². The Morgan fingerprint density at radius 1 is 1.42 bits per heavy atom. The molecule has 0 aliphatic heterocycles. The maximum Gasteiger partial charge on any atom is 0.0684 e. The maximum absolute atomic E-state index is 8.91. The number of rotatable bonds is 2. The van der Waals surface area contributed by atoms with Crippen molar-refractivity contribution in [1.29, 1.82) is 5.26 Å². The van der Waals surface area contributed by atoms with E-state index in [1.807, 2.05) is 18.2 Å². The maximum atomic E-state index is 8.91. The van der Waals surface area contributed by atoms with Gasteiger partial charge in [-0.2, -0.15) is 5.26 Å². The first-order valence-electron chi connectivity index (χ1n) is 3.53. The molecule has 1 rings (SSSR count). The summed E-state index contributed by atoms with van der Waals surface area (Å²) in [6.45, 7) is -0.00963. The van der Waals surface area contributed by atoms with Gasteiger partial charge in [0.05, 0.1) is 19.1 Å². The molecule has 0 aromatic heterocycles. The fourth-order valence-electron chi connectivity index (χ4n) is 0.998. The van der Waals surface area contributed by atoms with E-state index in [1.165, 1.54) is 0 Å². The van der Waals surface area contributed by atoms with Gasteiger partial charge in [0.25, 0.3) is 0 Å². The largest absolute Gasteiger partial charge is 0.392 e. The summed E-state index contributed by atoms with van der Waals surface area (Å²) in [6, 6.07) is 7.58. The first kappa shape index (κ1) is 9.24. The third-order valence-corrected chi connectivity index (χ3v) is 2.10. The number of benzene rings is 1. The summed E-state index contributed by atoms with van der Waals surface area (Å²) in [5.41, 5.74) is 1.70. The van der Waals surface area contributed by atoms with Gasteiger partial charge in [0.15, 0.2) is 0 Å². The van der Waals surface area contributed by atoms with Crippen LogP contribution in [0.25, 0.3) is 0 Å². The first-order chi connectivity index (χ1) is 5.77. The van der Waals surface area contributed by atoms with Crippen molar-refractivity contribution in [3.8, 4) is 6.07 Å². The number of aliphatic hydroxyl groups excluding tert-OH is 1. The normalized spacial score (nSPS) is 9.42. The fourth-order valence-corrected chi connectivity index (χ4v) is 1.41. The van der Waals surface area contributed by atoms with E-state index in [0.29, 0.717) is 6.42 Å². The molecule has 0 amide bonds. The highest BCUT2D eigenvalue weighted by atomic mass is 79.9. The summed E-state index contributed by atoms with van der Waals surface area (Å²) >= 11 is 3.30. The van der Waals surface area contributed by atoms with Crippen LogP contribution in [0.5, 0.6) is 0 Å². The van der Waals surface area contributed by atoms with Crippen LogP contribution in [0.2, 0.25) is 0 Å². The molecule has 3 heteroatoms. The number of halogens is 1. The Hall–Kier alpha value is -0.850. The van der Waals surface area contributed by atoms with Crippen LogP contribution in [0, 0.1) is 11.3 Å². The molecule has 1 N–H and O–H groups in total. The molecular formula is C9H8BrNO. The summed E-state index contributed by atoms with van der Waals surface area (Å²) in [6.07, 6.45) is 0.343. The van der Waals surface area contributed by atoms with E-state index in [4.69, 9.17) is 10.4 Å². The zero-order valence-electron chi connectivity index (χ0n) is 6.42. The van der Waals surface area contributed by atoms with E-state index in [0.717, 1.165) is 15.6 Å². The van der Waals surface area contributed by atoms with Crippen molar-refractivity contribution < 1.29 is 5.11 Å². The Balaban J connectivity index is 3.05. The van der Waals surface area contributed by atoms with Gasteiger partial charge in [-0.3, -0.25) is 0 Å². The number of hydrogen-bond donors (Lipinski definition) is 1. The van der Waals surface area contributed by atoms with Crippen LogP contribution in [-0.2, 0) is 13.0 Å². The molecule has 0 aliphatic carbocycles. The lowest BCUT2D eigenvalue weighted by atomic mass is 10.1. The number of hydrogen-bond acceptors (Lipinski definition) is 2. The summed E-state index contributed by atoms with van der Waals surface area (Å²) in [4.78, 5) is 0. The molecule has 0 radical (unpaired) electrons. The molecule has 0 atom stereocenters. The smallest absolute Gasteiger partial charge is 0.0684 e. The Kier molecular flexibility index (Phi) is 3.27. The van der Waals surface area contributed by atoms with Gasteiger partial charge in [-0.1, -0.05) is 22.0 Å². The van der Waals surface area contributed by atoms with Crippen molar-refractivity contribution in [3.05, 3.63) is 33.8 Å². The van der Waals surface area contributed by atoms with Crippen molar-refractivity contribution in [2.45, 2.75) is 13.0 Å². The third-order valence-electron chi connectivity index (χ3n) is 1.61. The second-order valence-corrected chi connectivity index (χ2v) is 3.32. The van der Waals surface area contributed by atoms with Crippen LogP contribution in [-0.4, -0.2) is 5.11 Å². The second-order valence-electron chi connectivity index (χ2n) is 2.41. The predicted molar refractivity (Wildman–Crippen MR) is 49.4 cm³/mol. The molecular weight excluding hydrogens is 218 g/mol. The van der Waals surface area contributed by atoms with E-state index in [9.17, 15) is 0 Å². The molecule has 12 heavy (non-hydrogen) atoms. The monoisotopic (exact) mass is 225 g/mol. The predicted octanol–water partition coefficient (Wildman–Crippen LogP) is 2.01. The minimum absolute atomic E-state index is 0.00963.